The molecule has 5 aromatic rings. The number of aromatic amines is 1. The minimum absolute atomic E-state index is 0.417. The predicted molar refractivity (Wildman–Crippen MR) is 103 cm³/mol. The van der Waals surface area contributed by atoms with Crippen molar-refractivity contribution in [2.75, 3.05) is 5.32 Å². The van der Waals surface area contributed by atoms with E-state index in [4.69, 9.17) is 16.6 Å². The van der Waals surface area contributed by atoms with Gasteiger partial charge in [0, 0.05) is 6.20 Å². The quantitative estimate of drug-likeness (QED) is 0.499. The Hall–Kier alpha value is -3.52. The minimum atomic E-state index is 0.417. The molecule has 0 aliphatic heterocycles. The van der Waals surface area contributed by atoms with Crippen LogP contribution in [0, 0.1) is 0 Å². The fourth-order valence-corrected chi connectivity index (χ4v) is 3.24. The first-order chi connectivity index (χ1) is 13.3. The average molecular weight is 377 g/mol. The second kappa shape index (κ2) is 6.33. The molecule has 4 heterocycles. The highest BCUT2D eigenvalue weighted by molar-refractivity contribution is 6.32. The Morgan fingerprint density at radius 1 is 1.04 bits per heavy atom. The Morgan fingerprint density at radius 2 is 1.96 bits per heavy atom. The number of hydrogen-bond acceptors (Lipinski definition) is 6. The van der Waals surface area contributed by atoms with Crippen LogP contribution in [0.25, 0.3) is 28.0 Å². The molecular weight excluding hydrogens is 364 g/mol. The second-order valence-corrected chi connectivity index (χ2v) is 6.24. The zero-order chi connectivity index (χ0) is 18.2. The molecule has 132 valence electrons. The van der Waals surface area contributed by atoms with Gasteiger partial charge in [0.25, 0.3) is 0 Å². The van der Waals surface area contributed by atoms with Crippen LogP contribution in [0.3, 0.4) is 0 Å². The van der Waals surface area contributed by atoms with Gasteiger partial charge in [-0.05, 0) is 24.3 Å². The van der Waals surface area contributed by atoms with Gasteiger partial charge in [0.05, 0.1) is 23.6 Å². The molecule has 1 aromatic carbocycles. The Morgan fingerprint density at radius 3 is 2.89 bits per heavy atom. The van der Waals surface area contributed by atoms with Crippen molar-refractivity contribution in [3.8, 4) is 5.69 Å². The fourth-order valence-electron chi connectivity index (χ4n) is 3.02. The van der Waals surface area contributed by atoms with Gasteiger partial charge in [-0.15, -0.1) is 0 Å². The zero-order valence-electron chi connectivity index (χ0n) is 14.0. The van der Waals surface area contributed by atoms with Crippen LogP contribution in [0.2, 0.25) is 5.02 Å². The van der Waals surface area contributed by atoms with Crippen LogP contribution in [-0.4, -0.2) is 34.5 Å². The lowest BCUT2D eigenvalue weighted by atomic mass is 10.3. The number of imidazole rings is 2. The molecule has 2 N–H and O–H groups in total. The molecule has 0 saturated heterocycles. The molecular formula is C18H13ClN8. The lowest BCUT2D eigenvalue weighted by Gasteiger charge is -2.11. The summed E-state index contributed by atoms with van der Waals surface area (Å²) in [5.41, 5.74) is 3.71. The smallest absolute Gasteiger partial charge is 0.164 e. The van der Waals surface area contributed by atoms with Gasteiger partial charge < -0.3 is 10.3 Å². The van der Waals surface area contributed by atoms with E-state index in [2.05, 4.69) is 30.2 Å². The molecule has 0 aliphatic carbocycles. The molecule has 0 bridgehead atoms. The van der Waals surface area contributed by atoms with Gasteiger partial charge in [0.2, 0.25) is 0 Å². The number of nitrogens with zero attached hydrogens (tertiary/aromatic N) is 6. The number of rotatable bonds is 4. The molecule has 0 aliphatic rings. The normalized spacial score (nSPS) is 11.3. The highest BCUT2D eigenvalue weighted by atomic mass is 35.5. The van der Waals surface area contributed by atoms with Gasteiger partial charge >= 0.3 is 0 Å². The summed E-state index contributed by atoms with van der Waals surface area (Å²) in [6.45, 7) is 0.417. The molecule has 5 rings (SSSR count). The molecule has 0 spiro atoms. The first-order valence-electron chi connectivity index (χ1n) is 8.26. The number of halogens is 1. The molecule has 0 fully saturated rings. The van der Waals surface area contributed by atoms with E-state index >= 15 is 0 Å². The van der Waals surface area contributed by atoms with Gasteiger partial charge in [-0.2, -0.15) is 0 Å². The first-order valence-corrected chi connectivity index (χ1v) is 8.64. The molecule has 0 unspecified atom stereocenters. The maximum absolute atomic E-state index is 6.44. The lowest BCUT2D eigenvalue weighted by Crippen LogP contribution is -2.09. The van der Waals surface area contributed by atoms with Crippen LogP contribution in [0.4, 0.5) is 5.82 Å². The third kappa shape index (κ3) is 2.67. The van der Waals surface area contributed by atoms with Gasteiger partial charge in [0.1, 0.15) is 23.2 Å². The summed E-state index contributed by atoms with van der Waals surface area (Å²) in [6, 6.07) is 11.4. The summed E-state index contributed by atoms with van der Waals surface area (Å²) in [5, 5.41) is 3.92. The third-order valence-corrected chi connectivity index (χ3v) is 4.53. The van der Waals surface area contributed by atoms with E-state index < -0.39 is 0 Å². The highest BCUT2D eigenvalue weighted by Crippen LogP contribution is 2.26. The van der Waals surface area contributed by atoms with Crippen LogP contribution in [0.1, 0.15) is 5.82 Å². The van der Waals surface area contributed by atoms with Crippen LogP contribution < -0.4 is 5.32 Å². The van der Waals surface area contributed by atoms with E-state index in [1.165, 1.54) is 6.33 Å². The number of hydrogen-bond donors (Lipinski definition) is 2. The van der Waals surface area contributed by atoms with Crippen molar-refractivity contribution in [1.82, 2.24) is 34.5 Å². The highest BCUT2D eigenvalue weighted by Gasteiger charge is 2.16. The second-order valence-electron chi connectivity index (χ2n) is 5.84. The van der Waals surface area contributed by atoms with Crippen LogP contribution in [0.15, 0.2) is 55.2 Å². The predicted octanol–water partition coefficient (Wildman–Crippen LogP) is 3.35. The van der Waals surface area contributed by atoms with Crippen molar-refractivity contribution in [3.05, 3.63) is 66.1 Å². The molecule has 0 radical (unpaired) electrons. The minimum Gasteiger partial charge on any atom is -0.361 e. The monoisotopic (exact) mass is 376 g/mol. The Labute approximate surface area is 158 Å². The summed E-state index contributed by atoms with van der Waals surface area (Å²) in [4.78, 5) is 24.9. The molecule has 0 saturated carbocycles. The van der Waals surface area contributed by atoms with E-state index in [1.807, 2.05) is 41.0 Å². The first kappa shape index (κ1) is 15.7. The van der Waals surface area contributed by atoms with E-state index in [1.54, 1.807) is 12.5 Å². The number of pyridine rings is 1. The number of para-hydroxylation sites is 1. The van der Waals surface area contributed by atoms with E-state index in [0.717, 1.165) is 22.7 Å². The molecule has 0 amide bonds. The number of aromatic nitrogens is 7. The maximum atomic E-state index is 6.44. The molecule has 4 aromatic heterocycles. The van der Waals surface area contributed by atoms with Crippen molar-refractivity contribution in [1.29, 1.82) is 0 Å². The van der Waals surface area contributed by atoms with Crippen molar-refractivity contribution in [3.63, 3.8) is 0 Å². The summed E-state index contributed by atoms with van der Waals surface area (Å²) >= 11 is 6.44. The van der Waals surface area contributed by atoms with Crippen molar-refractivity contribution in [2.24, 2.45) is 0 Å². The topological polar surface area (TPSA) is 97.2 Å². The molecule has 9 heteroatoms. The number of H-pyrrole nitrogens is 1. The molecule has 27 heavy (non-hydrogen) atoms. The van der Waals surface area contributed by atoms with E-state index in [-0.39, 0.29) is 0 Å². The maximum Gasteiger partial charge on any atom is 0.164 e. The van der Waals surface area contributed by atoms with Crippen LogP contribution in [0.5, 0.6) is 0 Å². The summed E-state index contributed by atoms with van der Waals surface area (Å²) < 4.78 is 1.95. The third-order valence-electron chi connectivity index (χ3n) is 4.21. The Bertz CT molecular complexity index is 1260. The van der Waals surface area contributed by atoms with Crippen molar-refractivity contribution < 1.29 is 0 Å². The largest absolute Gasteiger partial charge is 0.361 e. The SMILES string of the molecule is Clc1ccccc1-n1c(CNc2ncnc3[nH]cnc23)nc2cccnc21. The molecule has 8 nitrogen and oxygen atoms in total. The van der Waals surface area contributed by atoms with Gasteiger partial charge in [-0.1, -0.05) is 23.7 Å². The van der Waals surface area contributed by atoms with Crippen LogP contribution in [-0.2, 0) is 6.54 Å². The van der Waals surface area contributed by atoms with E-state index in [9.17, 15) is 0 Å². The van der Waals surface area contributed by atoms with Crippen LogP contribution >= 0.6 is 11.6 Å². The zero-order valence-corrected chi connectivity index (χ0v) is 14.7. The summed E-state index contributed by atoms with van der Waals surface area (Å²) in [6.07, 6.45) is 4.82. The average Bonchev–Trinajstić information content (AvgIpc) is 3.31. The van der Waals surface area contributed by atoms with Crippen molar-refractivity contribution >= 4 is 39.7 Å². The van der Waals surface area contributed by atoms with E-state index in [0.29, 0.717) is 28.5 Å². The lowest BCUT2D eigenvalue weighted by molar-refractivity contribution is 0.904. The molecule has 0 atom stereocenters. The number of nitrogens with one attached hydrogen (secondary N) is 2. The van der Waals surface area contributed by atoms with Crippen molar-refractivity contribution in [2.45, 2.75) is 6.54 Å². The number of fused-ring (bicyclic) bond motifs is 2. The van der Waals surface area contributed by atoms with Gasteiger partial charge in [-0.25, -0.2) is 24.9 Å². The summed E-state index contributed by atoms with van der Waals surface area (Å²) in [5.74, 6) is 1.39. The fraction of sp³-hybridized carbons (Fsp3) is 0.0556. The number of anilines is 1. The number of benzene rings is 1. The van der Waals surface area contributed by atoms with Gasteiger partial charge in [0.15, 0.2) is 17.1 Å². The Balaban J connectivity index is 1.60. The summed E-state index contributed by atoms with van der Waals surface area (Å²) in [7, 11) is 0. The van der Waals surface area contributed by atoms with Gasteiger partial charge in [-0.3, -0.25) is 4.57 Å². The Kier molecular flexibility index (Phi) is 3.68. The standard InChI is InChI=1S/C18H13ClN8/c19-11-4-1-2-6-13(11)27-14(26-12-5-3-7-20-18(12)27)8-21-16-15-17(23-9-22-15)25-10-24-16/h1-7,9-10H,8H2,(H2,21,22,23,24,25).